The molecular weight excluding hydrogens is 224 g/mol. The highest BCUT2D eigenvalue weighted by molar-refractivity contribution is 7.90. The van der Waals surface area contributed by atoms with Gasteiger partial charge in [-0.05, 0) is 18.8 Å². The van der Waals surface area contributed by atoms with Crippen LogP contribution in [-0.4, -0.2) is 26.8 Å². The predicted octanol–water partition coefficient (Wildman–Crippen LogP) is 1.47. The first-order valence-electron chi connectivity index (χ1n) is 6.12. The SMILES string of the molecule is CCC(CN)S(=O)(=O)NCCCCC(C)C. The molecule has 1 unspecified atom stereocenters. The zero-order valence-electron chi connectivity index (χ0n) is 10.7. The summed E-state index contributed by atoms with van der Waals surface area (Å²) in [6, 6.07) is 0. The predicted molar refractivity (Wildman–Crippen MR) is 68.7 cm³/mol. The number of rotatable bonds is 9. The molecule has 0 aromatic heterocycles. The maximum atomic E-state index is 11.7. The van der Waals surface area contributed by atoms with Gasteiger partial charge in [0.1, 0.15) is 0 Å². The van der Waals surface area contributed by atoms with Gasteiger partial charge >= 0.3 is 0 Å². The minimum Gasteiger partial charge on any atom is -0.329 e. The van der Waals surface area contributed by atoms with Crippen molar-refractivity contribution in [1.29, 1.82) is 0 Å². The summed E-state index contributed by atoms with van der Waals surface area (Å²) in [6.07, 6.45) is 3.69. The Balaban J connectivity index is 3.83. The third kappa shape index (κ3) is 6.45. The summed E-state index contributed by atoms with van der Waals surface area (Å²) >= 11 is 0. The van der Waals surface area contributed by atoms with Gasteiger partial charge in [-0.3, -0.25) is 0 Å². The molecular formula is C11H26N2O2S. The number of hydrogen-bond donors (Lipinski definition) is 2. The van der Waals surface area contributed by atoms with Gasteiger partial charge in [-0.2, -0.15) is 0 Å². The number of nitrogens with two attached hydrogens (primary N) is 1. The molecule has 5 heteroatoms. The molecule has 0 bridgehead atoms. The van der Waals surface area contributed by atoms with Crippen molar-refractivity contribution in [2.45, 2.75) is 51.7 Å². The highest BCUT2D eigenvalue weighted by Crippen LogP contribution is 2.06. The summed E-state index contributed by atoms with van der Waals surface area (Å²) in [5.74, 6) is 0.684. The van der Waals surface area contributed by atoms with Crippen molar-refractivity contribution in [3.63, 3.8) is 0 Å². The lowest BCUT2D eigenvalue weighted by Gasteiger charge is -2.14. The molecule has 0 amide bonds. The maximum absolute atomic E-state index is 11.7. The van der Waals surface area contributed by atoms with Crippen LogP contribution in [0.3, 0.4) is 0 Å². The zero-order valence-corrected chi connectivity index (χ0v) is 11.5. The molecule has 0 fully saturated rings. The van der Waals surface area contributed by atoms with Gasteiger partial charge in [0.15, 0.2) is 0 Å². The Bertz CT molecular complexity index is 259. The first-order valence-corrected chi connectivity index (χ1v) is 7.67. The second kappa shape index (κ2) is 8.03. The van der Waals surface area contributed by atoms with Gasteiger partial charge in [0.25, 0.3) is 0 Å². The van der Waals surface area contributed by atoms with E-state index in [0.717, 1.165) is 19.3 Å². The Morgan fingerprint density at radius 3 is 2.31 bits per heavy atom. The largest absolute Gasteiger partial charge is 0.329 e. The van der Waals surface area contributed by atoms with Crippen molar-refractivity contribution in [3.8, 4) is 0 Å². The Kier molecular flexibility index (Phi) is 7.97. The molecule has 0 heterocycles. The van der Waals surface area contributed by atoms with E-state index in [4.69, 9.17) is 5.73 Å². The van der Waals surface area contributed by atoms with E-state index in [2.05, 4.69) is 18.6 Å². The highest BCUT2D eigenvalue weighted by atomic mass is 32.2. The van der Waals surface area contributed by atoms with Crippen LogP contribution in [0.5, 0.6) is 0 Å². The average Bonchev–Trinajstić information content (AvgIpc) is 2.17. The summed E-state index contributed by atoms with van der Waals surface area (Å²) in [4.78, 5) is 0. The fourth-order valence-corrected chi connectivity index (χ4v) is 2.88. The normalized spacial score (nSPS) is 14.3. The molecule has 1 atom stereocenters. The molecule has 0 aliphatic carbocycles. The first kappa shape index (κ1) is 15.9. The molecule has 3 N–H and O–H groups in total. The number of sulfonamides is 1. The summed E-state index contributed by atoms with van der Waals surface area (Å²) in [6.45, 7) is 6.91. The van der Waals surface area contributed by atoms with Crippen LogP contribution < -0.4 is 10.5 Å². The topological polar surface area (TPSA) is 72.2 Å². The van der Waals surface area contributed by atoms with Gasteiger partial charge in [-0.25, -0.2) is 13.1 Å². The standard InChI is InChI=1S/C11H26N2O2S/c1-4-11(9-12)16(14,15)13-8-6-5-7-10(2)3/h10-11,13H,4-9,12H2,1-3H3. The fourth-order valence-electron chi connectivity index (χ4n) is 1.52. The molecule has 0 radical (unpaired) electrons. The van der Waals surface area contributed by atoms with Gasteiger partial charge in [0.2, 0.25) is 10.0 Å². The Morgan fingerprint density at radius 1 is 1.25 bits per heavy atom. The third-order valence-corrected chi connectivity index (χ3v) is 4.68. The summed E-state index contributed by atoms with van der Waals surface area (Å²) in [5.41, 5.74) is 5.42. The molecule has 0 rings (SSSR count). The molecule has 0 saturated carbocycles. The van der Waals surface area contributed by atoms with Crippen LogP contribution in [0.15, 0.2) is 0 Å². The van der Waals surface area contributed by atoms with Gasteiger partial charge in [-0.1, -0.05) is 33.6 Å². The second-order valence-corrected chi connectivity index (χ2v) is 6.64. The lowest BCUT2D eigenvalue weighted by Crippen LogP contribution is -2.39. The van der Waals surface area contributed by atoms with Crippen molar-refractivity contribution in [3.05, 3.63) is 0 Å². The van der Waals surface area contributed by atoms with Crippen molar-refractivity contribution >= 4 is 10.0 Å². The van der Waals surface area contributed by atoms with Crippen LogP contribution in [0.1, 0.15) is 46.5 Å². The monoisotopic (exact) mass is 250 g/mol. The molecule has 0 aromatic carbocycles. The minimum atomic E-state index is -3.20. The molecule has 0 aliphatic rings. The Hall–Kier alpha value is -0.130. The molecule has 0 saturated heterocycles. The van der Waals surface area contributed by atoms with E-state index >= 15 is 0 Å². The van der Waals surface area contributed by atoms with Gasteiger partial charge in [0.05, 0.1) is 5.25 Å². The van der Waals surface area contributed by atoms with Crippen molar-refractivity contribution < 1.29 is 8.42 Å². The molecule has 4 nitrogen and oxygen atoms in total. The number of hydrogen-bond acceptors (Lipinski definition) is 3. The maximum Gasteiger partial charge on any atom is 0.215 e. The highest BCUT2D eigenvalue weighted by Gasteiger charge is 2.20. The molecule has 0 spiro atoms. The summed E-state index contributed by atoms with van der Waals surface area (Å²) in [7, 11) is -3.20. The van der Waals surface area contributed by atoms with E-state index in [9.17, 15) is 8.42 Å². The van der Waals surface area contributed by atoms with Crippen molar-refractivity contribution in [1.82, 2.24) is 4.72 Å². The molecule has 16 heavy (non-hydrogen) atoms. The van der Waals surface area contributed by atoms with Gasteiger partial charge < -0.3 is 5.73 Å². The molecule has 98 valence electrons. The van der Waals surface area contributed by atoms with E-state index in [1.165, 1.54) is 0 Å². The van der Waals surface area contributed by atoms with E-state index < -0.39 is 15.3 Å². The van der Waals surface area contributed by atoms with Crippen LogP contribution in [-0.2, 0) is 10.0 Å². The van der Waals surface area contributed by atoms with Gasteiger partial charge in [-0.15, -0.1) is 0 Å². The second-order valence-electron chi connectivity index (χ2n) is 4.59. The molecule has 0 aliphatic heterocycles. The third-order valence-electron chi connectivity index (χ3n) is 2.67. The number of nitrogens with one attached hydrogen (secondary N) is 1. The average molecular weight is 250 g/mol. The van der Waals surface area contributed by atoms with Crippen LogP contribution in [0.4, 0.5) is 0 Å². The van der Waals surface area contributed by atoms with Crippen LogP contribution in [0, 0.1) is 5.92 Å². The lowest BCUT2D eigenvalue weighted by molar-refractivity contribution is 0.526. The van der Waals surface area contributed by atoms with Crippen molar-refractivity contribution in [2.75, 3.05) is 13.1 Å². The summed E-state index contributed by atoms with van der Waals surface area (Å²) < 4.78 is 26.0. The smallest absolute Gasteiger partial charge is 0.215 e. The molecule has 0 aromatic rings. The Morgan fingerprint density at radius 2 is 1.88 bits per heavy atom. The van der Waals surface area contributed by atoms with Crippen LogP contribution in [0.25, 0.3) is 0 Å². The van der Waals surface area contributed by atoms with E-state index in [1.54, 1.807) is 0 Å². The number of unbranched alkanes of at least 4 members (excludes halogenated alkanes) is 1. The lowest BCUT2D eigenvalue weighted by atomic mass is 10.1. The van der Waals surface area contributed by atoms with Crippen LogP contribution >= 0.6 is 0 Å². The quantitative estimate of drug-likeness (QED) is 0.609. The first-order chi connectivity index (χ1) is 7.44. The van der Waals surface area contributed by atoms with E-state index in [0.29, 0.717) is 18.9 Å². The summed E-state index contributed by atoms with van der Waals surface area (Å²) in [5, 5.41) is -0.447. The fraction of sp³-hybridized carbons (Fsp3) is 1.00. The van der Waals surface area contributed by atoms with Crippen molar-refractivity contribution in [2.24, 2.45) is 11.7 Å². The van der Waals surface area contributed by atoms with Gasteiger partial charge in [0, 0.05) is 13.1 Å². The van der Waals surface area contributed by atoms with E-state index in [1.807, 2.05) is 6.92 Å². The minimum absolute atomic E-state index is 0.192. The Labute approximate surface area is 100 Å². The van der Waals surface area contributed by atoms with E-state index in [-0.39, 0.29) is 6.54 Å². The van der Waals surface area contributed by atoms with Crippen LogP contribution in [0.2, 0.25) is 0 Å². The zero-order chi connectivity index (χ0) is 12.6.